The number of rotatable bonds is 6. The molecule has 0 unspecified atom stereocenters. The Morgan fingerprint density at radius 1 is 0.540 bits per heavy atom. The Morgan fingerprint density at radius 2 is 1.22 bits per heavy atom. The fraction of sp³-hybridized carbons (Fsp3) is 0.288. The van der Waals surface area contributed by atoms with Gasteiger partial charge in [0.05, 0.1) is 33.5 Å². The van der Waals surface area contributed by atoms with E-state index < -0.39 is 84.4 Å². The maximum atomic E-state index is 12.6. The molecule has 0 saturated heterocycles. The number of benzene rings is 6. The predicted octanol–water partition coefficient (Wildman–Crippen LogP) is 16.0. The van der Waals surface area contributed by atoms with E-state index in [2.05, 4.69) is 41.5 Å². The van der Waals surface area contributed by atoms with E-state index in [1.54, 1.807) is 42.5 Å². The fourth-order valence-electron chi connectivity index (χ4n) is 7.94. The summed E-state index contributed by atoms with van der Waals surface area (Å²) in [6, 6.07) is 29.2. The van der Waals surface area contributed by atoms with Gasteiger partial charge in [0, 0.05) is 44.9 Å². The van der Waals surface area contributed by atoms with Crippen LogP contribution in [-0.4, -0.2) is 19.6 Å². The van der Waals surface area contributed by atoms with Crippen LogP contribution in [-0.2, 0) is 21.7 Å². The number of phenolic OH excluding ortho intramolecular Hbond substituents is 1. The second-order valence-electron chi connectivity index (χ2n) is 19.4. The van der Waals surface area contributed by atoms with Crippen molar-refractivity contribution in [1.29, 1.82) is 0 Å². The molecule has 0 bridgehead atoms. The molecule has 8 aromatic rings. The van der Waals surface area contributed by atoms with Gasteiger partial charge in [-0.25, -0.2) is 4.98 Å². The lowest BCUT2D eigenvalue weighted by molar-refractivity contribution is 0.446. The van der Waals surface area contributed by atoms with Gasteiger partial charge in [0.2, 0.25) is 0 Å². The number of hydrogen-bond acceptors (Lipinski definition) is 3. The molecule has 1 N–H and O–H groups in total. The van der Waals surface area contributed by atoms with E-state index in [9.17, 15) is 5.11 Å². The largest absolute Gasteiger partial charge is 0.507 e. The highest BCUT2D eigenvalue weighted by molar-refractivity contribution is 5.98. The first-order valence-corrected chi connectivity index (χ1v) is 21.1. The Balaban J connectivity index is 1.49. The SMILES string of the molecule is [2H]c1c([2H])c(C([2H])([2H])[2H])c([2H])c([2H])c1-c1ccnc(-c2cc(-c3cccc4c3nc(-c3cc(C(C)(C)C)cc(C(C)(C)C)c3O)n4-c3ccc(C(C([2H])([2H])[2H])(C([2H])([2H])[2H])C([2H])([2H])[2H])cc3-c3ccccc3)cc(C(C)(C)C)c2)c1. The van der Waals surface area contributed by atoms with Crippen LogP contribution in [0.5, 0.6) is 5.75 Å². The molecule has 0 radical (unpaired) electrons. The van der Waals surface area contributed by atoms with Crippen LogP contribution in [0.3, 0.4) is 0 Å². The number of hydrogen-bond donors (Lipinski definition) is 1. The second-order valence-corrected chi connectivity index (χ2v) is 19.4. The second kappa shape index (κ2) is 15.8. The Kier molecular flexibility index (Phi) is 6.96. The van der Waals surface area contributed by atoms with Crippen LogP contribution >= 0.6 is 0 Å². The average Bonchev–Trinajstić information content (AvgIpc) is 3.09. The summed E-state index contributed by atoms with van der Waals surface area (Å²) in [6.45, 7) is 4.82. The lowest BCUT2D eigenvalue weighted by Gasteiger charge is -2.28. The summed E-state index contributed by atoms with van der Waals surface area (Å²) in [6.07, 6.45) is 1.49. The van der Waals surface area contributed by atoms with Crippen molar-refractivity contribution in [2.45, 2.75) is 111 Å². The maximum absolute atomic E-state index is 12.6. The van der Waals surface area contributed by atoms with Crippen molar-refractivity contribution in [2.24, 2.45) is 0 Å². The summed E-state index contributed by atoms with van der Waals surface area (Å²) in [7, 11) is 0. The van der Waals surface area contributed by atoms with E-state index >= 15 is 0 Å². The van der Waals surface area contributed by atoms with Gasteiger partial charge in [-0.1, -0.05) is 173 Å². The summed E-state index contributed by atoms with van der Waals surface area (Å²) in [5.41, 5.74) is 1.53. The van der Waals surface area contributed by atoms with Crippen LogP contribution in [0.2, 0.25) is 0 Å². The van der Waals surface area contributed by atoms with Gasteiger partial charge in [-0.15, -0.1) is 0 Å². The summed E-state index contributed by atoms with van der Waals surface area (Å²) in [4.78, 5) is 10.2. The smallest absolute Gasteiger partial charge is 0.149 e. The van der Waals surface area contributed by atoms with Gasteiger partial charge in [0.25, 0.3) is 0 Å². The molecule has 0 spiro atoms. The molecule has 63 heavy (non-hydrogen) atoms. The first kappa shape index (κ1) is 27.7. The van der Waals surface area contributed by atoms with Crippen LogP contribution in [0.25, 0.3) is 72.7 Å². The number of aromatic nitrogens is 3. The highest BCUT2D eigenvalue weighted by Crippen LogP contribution is 2.46. The molecule has 8 rings (SSSR count). The minimum absolute atomic E-state index is 0.0412. The molecule has 0 atom stereocenters. The Labute approximate surface area is 398 Å². The average molecular weight is 846 g/mol. The Hall–Kier alpha value is -6.26. The van der Waals surface area contributed by atoms with E-state index in [4.69, 9.17) is 31.9 Å². The first-order chi connectivity index (χ1) is 36.2. The van der Waals surface area contributed by atoms with Gasteiger partial charge in [0.1, 0.15) is 11.6 Å². The van der Waals surface area contributed by atoms with E-state index in [1.807, 2.05) is 73.9 Å². The number of fused-ring (bicyclic) bond motifs is 1. The number of pyridine rings is 1. The molecule has 0 fully saturated rings. The van der Waals surface area contributed by atoms with E-state index in [-0.39, 0.29) is 28.3 Å². The van der Waals surface area contributed by atoms with Crippen molar-refractivity contribution in [3.8, 4) is 67.5 Å². The van der Waals surface area contributed by atoms with Crippen molar-refractivity contribution in [3.63, 3.8) is 0 Å². The van der Waals surface area contributed by atoms with Crippen LogP contribution in [0, 0.1) is 6.85 Å². The molecule has 0 aliphatic carbocycles. The number of nitrogens with zero attached hydrogens (tertiary/aromatic N) is 3. The van der Waals surface area contributed by atoms with E-state index in [0.29, 0.717) is 55.8 Å². The van der Waals surface area contributed by atoms with Gasteiger partial charge >= 0.3 is 0 Å². The standard InChI is InChI=1S/C59H63N3O/c1-37-22-24-38(25-23-37)40-28-29-60-50(33-40)42-30-41(31-44(32-42)57(5,6)7)46-20-17-21-52-53(46)61-55(48-35-45(58(8,9)10)36-49(54(48)63)59(11,12)13)62(52)51-27-26-43(56(2,3)4)34-47(51)39-18-15-14-16-19-39/h14-36,63H,1-13H3/i1D3,2D3,3D3,4D3,22D,23D,24D,25D. The third-order valence-corrected chi connectivity index (χ3v) is 11.5. The summed E-state index contributed by atoms with van der Waals surface area (Å²) < 4.78 is 138. The van der Waals surface area contributed by atoms with Gasteiger partial charge in [0.15, 0.2) is 0 Å². The maximum Gasteiger partial charge on any atom is 0.149 e. The van der Waals surface area contributed by atoms with Crippen molar-refractivity contribution < 1.29 is 27.0 Å². The number of imidazole rings is 1. The van der Waals surface area contributed by atoms with Crippen molar-refractivity contribution in [1.82, 2.24) is 14.5 Å². The van der Waals surface area contributed by atoms with Crippen molar-refractivity contribution >= 4 is 11.0 Å². The minimum atomic E-state index is -3.54. The topological polar surface area (TPSA) is 50.9 Å². The Morgan fingerprint density at radius 3 is 1.89 bits per heavy atom. The monoisotopic (exact) mass is 846 g/mol. The Bertz CT molecular complexity index is 3610. The molecule has 0 aliphatic rings. The normalized spacial score (nSPS) is 17.1. The van der Waals surface area contributed by atoms with Crippen LogP contribution in [0.15, 0.2) is 140 Å². The molecular weight excluding hydrogens is 767 g/mol. The molecular formula is C59H63N3O. The van der Waals surface area contributed by atoms with Crippen molar-refractivity contribution in [3.05, 3.63) is 167 Å². The quantitative estimate of drug-likeness (QED) is 0.181. The third-order valence-electron chi connectivity index (χ3n) is 11.5. The van der Waals surface area contributed by atoms with Crippen LogP contribution < -0.4 is 0 Å². The van der Waals surface area contributed by atoms with Crippen molar-refractivity contribution in [2.75, 3.05) is 0 Å². The molecule has 6 aromatic carbocycles. The zero-order valence-electron chi connectivity index (χ0n) is 53.3. The number of phenols is 1. The van der Waals surface area contributed by atoms with Gasteiger partial charge in [-0.3, -0.25) is 9.55 Å². The molecule has 320 valence electrons. The molecule has 4 heteroatoms. The molecule has 0 saturated carbocycles. The summed E-state index contributed by atoms with van der Waals surface area (Å²) in [5.74, 6) is 0.224. The highest BCUT2D eigenvalue weighted by atomic mass is 16.3. The summed E-state index contributed by atoms with van der Waals surface area (Å²) in [5, 5.41) is 12.6. The van der Waals surface area contributed by atoms with E-state index in [1.165, 1.54) is 24.4 Å². The van der Waals surface area contributed by atoms with Gasteiger partial charge in [-0.2, -0.15) is 0 Å². The number of para-hydroxylation sites is 1. The minimum Gasteiger partial charge on any atom is -0.507 e. The predicted molar refractivity (Wildman–Crippen MR) is 267 cm³/mol. The highest BCUT2D eigenvalue weighted by Gasteiger charge is 2.30. The number of aromatic hydroxyl groups is 1. The van der Waals surface area contributed by atoms with Crippen LogP contribution in [0.1, 0.15) is 133 Å². The van der Waals surface area contributed by atoms with Crippen LogP contribution in [0.4, 0.5) is 0 Å². The van der Waals surface area contributed by atoms with E-state index in [0.717, 1.165) is 11.1 Å². The first-order valence-electron chi connectivity index (χ1n) is 29.1. The van der Waals surface area contributed by atoms with Gasteiger partial charge in [-0.05, 0) is 116 Å². The molecule has 2 aromatic heterocycles. The molecule has 0 amide bonds. The summed E-state index contributed by atoms with van der Waals surface area (Å²) >= 11 is 0. The zero-order chi connectivity index (χ0) is 58.7. The van der Waals surface area contributed by atoms with Gasteiger partial charge < -0.3 is 5.11 Å². The third kappa shape index (κ3) is 8.61. The molecule has 4 nitrogen and oxygen atoms in total. The zero-order valence-corrected chi connectivity index (χ0v) is 37.3. The molecule has 2 heterocycles. The fourth-order valence-corrected chi connectivity index (χ4v) is 7.94. The molecule has 0 aliphatic heterocycles. The lowest BCUT2D eigenvalue weighted by Crippen LogP contribution is -2.17. The lowest BCUT2D eigenvalue weighted by atomic mass is 9.79.